The number of carbonyl (C=O) groups excluding carboxylic acids is 1. The summed E-state index contributed by atoms with van der Waals surface area (Å²) in [6.45, 7) is 4.80. The fourth-order valence-electron chi connectivity index (χ4n) is 2.68. The lowest BCUT2D eigenvalue weighted by atomic mass is 9.99. The summed E-state index contributed by atoms with van der Waals surface area (Å²) in [6, 6.07) is 7.88. The third-order valence-electron chi connectivity index (χ3n) is 4.01. The van der Waals surface area contributed by atoms with Gasteiger partial charge >= 0.3 is 6.03 Å². The van der Waals surface area contributed by atoms with Gasteiger partial charge in [-0.25, -0.2) is 4.79 Å². The summed E-state index contributed by atoms with van der Waals surface area (Å²) in [4.78, 5) is 13.8. The minimum atomic E-state index is -0.0333. The standard InChI is InChI=1S/C17H26N2O3/c1-14-6-2-3-8-16(14)22-11-5-9-18-17(21)19-10-4-7-15(12-19)13-20/h2-3,6,8,15,20H,4-5,7,9-13H2,1H3,(H,18,21). The molecule has 22 heavy (non-hydrogen) atoms. The molecule has 0 radical (unpaired) electrons. The summed E-state index contributed by atoms with van der Waals surface area (Å²) in [5.41, 5.74) is 1.12. The molecule has 0 aliphatic carbocycles. The highest BCUT2D eigenvalue weighted by Gasteiger charge is 2.22. The minimum Gasteiger partial charge on any atom is -0.493 e. The number of hydrogen-bond donors (Lipinski definition) is 2. The van der Waals surface area contributed by atoms with E-state index in [1.54, 1.807) is 4.90 Å². The molecule has 2 amide bonds. The molecule has 2 N–H and O–H groups in total. The molecule has 1 aliphatic rings. The van der Waals surface area contributed by atoms with Crippen LogP contribution < -0.4 is 10.1 Å². The van der Waals surface area contributed by atoms with Crippen molar-refractivity contribution in [3.63, 3.8) is 0 Å². The van der Waals surface area contributed by atoms with Crippen molar-refractivity contribution < 1.29 is 14.6 Å². The zero-order chi connectivity index (χ0) is 15.8. The maximum absolute atomic E-state index is 12.0. The summed E-state index contributed by atoms with van der Waals surface area (Å²) in [5.74, 6) is 1.12. The number of rotatable bonds is 6. The van der Waals surface area contributed by atoms with Gasteiger partial charge in [-0.05, 0) is 43.7 Å². The van der Waals surface area contributed by atoms with Crippen molar-refractivity contribution in [3.8, 4) is 5.75 Å². The molecular weight excluding hydrogens is 280 g/mol. The van der Waals surface area contributed by atoms with Crippen molar-refractivity contribution in [1.82, 2.24) is 10.2 Å². The first-order chi connectivity index (χ1) is 10.7. The molecule has 1 aromatic carbocycles. The molecule has 0 bridgehead atoms. The Morgan fingerprint density at radius 1 is 1.45 bits per heavy atom. The molecule has 1 heterocycles. The highest BCUT2D eigenvalue weighted by molar-refractivity contribution is 5.74. The number of urea groups is 1. The molecule has 1 fully saturated rings. The molecule has 0 saturated carbocycles. The molecular formula is C17H26N2O3. The molecule has 122 valence electrons. The van der Waals surface area contributed by atoms with Gasteiger partial charge in [0.1, 0.15) is 5.75 Å². The Morgan fingerprint density at radius 3 is 3.05 bits per heavy atom. The number of nitrogens with one attached hydrogen (secondary N) is 1. The number of likely N-dealkylation sites (tertiary alicyclic amines) is 1. The lowest BCUT2D eigenvalue weighted by Gasteiger charge is -2.31. The van der Waals surface area contributed by atoms with E-state index in [1.165, 1.54) is 0 Å². The van der Waals surface area contributed by atoms with Crippen LogP contribution in [0.3, 0.4) is 0 Å². The van der Waals surface area contributed by atoms with E-state index >= 15 is 0 Å². The van der Waals surface area contributed by atoms with Crippen LogP contribution in [0.25, 0.3) is 0 Å². The number of amides is 2. The summed E-state index contributed by atoms with van der Waals surface area (Å²) in [7, 11) is 0. The maximum atomic E-state index is 12.0. The highest BCUT2D eigenvalue weighted by atomic mass is 16.5. The quantitative estimate of drug-likeness (QED) is 0.792. The lowest BCUT2D eigenvalue weighted by Crippen LogP contribution is -2.46. The molecule has 1 aromatic rings. The molecule has 5 heteroatoms. The number of para-hydroxylation sites is 1. The SMILES string of the molecule is Cc1ccccc1OCCCNC(=O)N1CCCC(CO)C1. The van der Waals surface area contributed by atoms with Gasteiger partial charge in [0.2, 0.25) is 0 Å². The van der Waals surface area contributed by atoms with Gasteiger partial charge in [0.25, 0.3) is 0 Å². The highest BCUT2D eigenvalue weighted by Crippen LogP contribution is 2.16. The Bertz CT molecular complexity index is 479. The van der Waals surface area contributed by atoms with Crippen LogP contribution in [0.5, 0.6) is 5.75 Å². The maximum Gasteiger partial charge on any atom is 0.317 e. The summed E-state index contributed by atoms with van der Waals surface area (Å²) < 4.78 is 5.70. The first kappa shape index (κ1) is 16.6. The van der Waals surface area contributed by atoms with Crippen LogP contribution in [0.2, 0.25) is 0 Å². The van der Waals surface area contributed by atoms with Gasteiger partial charge in [-0.1, -0.05) is 18.2 Å². The Hall–Kier alpha value is -1.75. The van der Waals surface area contributed by atoms with E-state index in [2.05, 4.69) is 5.32 Å². The van der Waals surface area contributed by atoms with Gasteiger partial charge < -0.3 is 20.1 Å². The number of nitrogens with zero attached hydrogens (tertiary/aromatic N) is 1. The van der Waals surface area contributed by atoms with Gasteiger partial charge in [-0.15, -0.1) is 0 Å². The number of aliphatic hydroxyl groups is 1. The van der Waals surface area contributed by atoms with E-state index in [0.29, 0.717) is 19.7 Å². The zero-order valence-corrected chi connectivity index (χ0v) is 13.3. The molecule has 0 aromatic heterocycles. The predicted molar refractivity (Wildman–Crippen MR) is 86.1 cm³/mol. The third-order valence-corrected chi connectivity index (χ3v) is 4.01. The van der Waals surface area contributed by atoms with E-state index in [4.69, 9.17) is 4.74 Å². The predicted octanol–water partition coefficient (Wildman–Crippen LogP) is 2.18. The van der Waals surface area contributed by atoms with Crippen LogP contribution in [0.1, 0.15) is 24.8 Å². The van der Waals surface area contributed by atoms with E-state index < -0.39 is 0 Å². The molecule has 2 rings (SSSR count). The molecule has 0 spiro atoms. The van der Waals surface area contributed by atoms with E-state index in [-0.39, 0.29) is 18.6 Å². The van der Waals surface area contributed by atoms with Gasteiger partial charge in [-0.2, -0.15) is 0 Å². The second-order valence-corrected chi connectivity index (χ2v) is 5.84. The number of hydrogen-bond acceptors (Lipinski definition) is 3. The second kappa shape index (κ2) is 8.63. The summed E-state index contributed by atoms with van der Waals surface area (Å²) in [5, 5.41) is 12.1. The molecule has 1 aliphatic heterocycles. The second-order valence-electron chi connectivity index (χ2n) is 5.84. The zero-order valence-electron chi connectivity index (χ0n) is 13.3. The normalized spacial score (nSPS) is 18.1. The average molecular weight is 306 g/mol. The fraction of sp³-hybridized carbons (Fsp3) is 0.588. The smallest absolute Gasteiger partial charge is 0.317 e. The number of benzene rings is 1. The Kier molecular flexibility index (Phi) is 6.52. The molecule has 1 unspecified atom stereocenters. The average Bonchev–Trinajstić information content (AvgIpc) is 2.56. The van der Waals surface area contributed by atoms with Crippen LogP contribution in [-0.2, 0) is 0 Å². The van der Waals surface area contributed by atoms with Crippen LogP contribution in [-0.4, -0.2) is 48.9 Å². The monoisotopic (exact) mass is 306 g/mol. The van der Waals surface area contributed by atoms with E-state index in [0.717, 1.165) is 37.1 Å². The van der Waals surface area contributed by atoms with Gasteiger partial charge in [-0.3, -0.25) is 0 Å². The topological polar surface area (TPSA) is 61.8 Å². The fourth-order valence-corrected chi connectivity index (χ4v) is 2.68. The summed E-state index contributed by atoms with van der Waals surface area (Å²) >= 11 is 0. The Labute approximate surface area is 132 Å². The van der Waals surface area contributed by atoms with Crippen molar-refractivity contribution in [2.45, 2.75) is 26.2 Å². The Morgan fingerprint density at radius 2 is 2.27 bits per heavy atom. The number of aliphatic hydroxyl groups excluding tert-OH is 1. The number of carbonyl (C=O) groups is 1. The van der Waals surface area contributed by atoms with Crippen LogP contribution >= 0.6 is 0 Å². The summed E-state index contributed by atoms with van der Waals surface area (Å²) in [6.07, 6.45) is 2.75. The van der Waals surface area contributed by atoms with Crippen LogP contribution in [0.15, 0.2) is 24.3 Å². The third kappa shape index (κ3) is 4.91. The van der Waals surface area contributed by atoms with Crippen LogP contribution in [0.4, 0.5) is 4.79 Å². The van der Waals surface area contributed by atoms with Gasteiger partial charge in [0.15, 0.2) is 0 Å². The number of aryl methyl sites for hydroxylation is 1. The molecule has 1 atom stereocenters. The first-order valence-corrected chi connectivity index (χ1v) is 8.02. The van der Waals surface area contributed by atoms with Crippen molar-refractivity contribution in [3.05, 3.63) is 29.8 Å². The van der Waals surface area contributed by atoms with Gasteiger partial charge in [0, 0.05) is 26.2 Å². The van der Waals surface area contributed by atoms with Crippen molar-refractivity contribution >= 4 is 6.03 Å². The van der Waals surface area contributed by atoms with E-state index in [9.17, 15) is 9.90 Å². The minimum absolute atomic E-state index is 0.0333. The lowest BCUT2D eigenvalue weighted by molar-refractivity contribution is 0.129. The van der Waals surface area contributed by atoms with Crippen LogP contribution in [0, 0.1) is 12.8 Å². The molecule has 5 nitrogen and oxygen atoms in total. The number of piperidine rings is 1. The van der Waals surface area contributed by atoms with Gasteiger partial charge in [0.05, 0.1) is 6.61 Å². The number of ether oxygens (including phenoxy) is 1. The first-order valence-electron chi connectivity index (χ1n) is 8.02. The largest absolute Gasteiger partial charge is 0.493 e. The molecule has 1 saturated heterocycles. The Balaban J connectivity index is 1.62. The van der Waals surface area contributed by atoms with Crippen molar-refractivity contribution in [2.24, 2.45) is 5.92 Å². The van der Waals surface area contributed by atoms with E-state index in [1.807, 2.05) is 31.2 Å². The van der Waals surface area contributed by atoms with Crippen molar-refractivity contribution in [1.29, 1.82) is 0 Å². The van der Waals surface area contributed by atoms with Crippen molar-refractivity contribution in [2.75, 3.05) is 32.8 Å².